The molecular weight excluding hydrogens is 651 g/mol. The average Bonchev–Trinajstić information content (AvgIpc) is 3.69. The first kappa shape index (κ1) is 31.5. The summed E-state index contributed by atoms with van der Waals surface area (Å²) in [7, 11) is 0. The van der Waals surface area contributed by atoms with Crippen molar-refractivity contribution in [2.75, 3.05) is 11.1 Å². The van der Waals surface area contributed by atoms with Gasteiger partial charge in [0.25, 0.3) is 0 Å². The van der Waals surface area contributed by atoms with Gasteiger partial charge < -0.3 is 5.32 Å². The van der Waals surface area contributed by atoms with Crippen molar-refractivity contribution in [1.29, 1.82) is 0 Å². The van der Waals surface area contributed by atoms with Crippen LogP contribution in [0.1, 0.15) is 38.9 Å². The smallest absolute Gasteiger partial charge is 0.301 e. The first-order valence-electron chi connectivity index (χ1n) is 14.1. The molecule has 1 amide bonds. The Morgan fingerprint density at radius 3 is 2.15 bits per heavy atom. The van der Waals surface area contributed by atoms with E-state index in [0.29, 0.717) is 26.6 Å². The molecular formula is C34H25ClF3N5OS2. The van der Waals surface area contributed by atoms with Gasteiger partial charge in [-0.2, -0.15) is 13.2 Å². The second-order valence-corrected chi connectivity index (χ2v) is 12.7. The number of anilines is 1. The number of para-hydroxylation sites is 1. The molecule has 4 aromatic carbocycles. The molecule has 0 unspecified atom stereocenters. The molecule has 0 spiro atoms. The van der Waals surface area contributed by atoms with Gasteiger partial charge in [-0.3, -0.25) is 9.36 Å². The Hall–Kier alpha value is -4.45. The van der Waals surface area contributed by atoms with Gasteiger partial charge in [-0.1, -0.05) is 102 Å². The lowest BCUT2D eigenvalue weighted by molar-refractivity contribution is -0.137. The maximum atomic E-state index is 13.2. The summed E-state index contributed by atoms with van der Waals surface area (Å²) in [6.07, 6.45) is -2.80. The number of benzene rings is 4. The highest BCUT2D eigenvalue weighted by Gasteiger charge is 2.31. The molecule has 0 fully saturated rings. The maximum absolute atomic E-state index is 13.2. The fourth-order valence-corrected chi connectivity index (χ4v) is 6.76. The number of nitrogens with one attached hydrogen (secondary N) is 1. The van der Waals surface area contributed by atoms with Gasteiger partial charge in [-0.15, -0.1) is 21.5 Å². The molecule has 2 aromatic heterocycles. The monoisotopic (exact) mass is 675 g/mol. The van der Waals surface area contributed by atoms with Crippen LogP contribution in [0.2, 0.25) is 5.02 Å². The van der Waals surface area contributed by atoms with Gasteiger partial charge in [0.1, 0.15) is 5.82 Å². The van der Waals surface area contributed by atoms with Gasteiger partial charge in [0, 0.05) is 28.2 Å². The van der Waals surface area contributed by atoms with Crippen LogP contribution in [0.4, 0.5) is 18.3 Å². The van der Waals surface area contributed by atoms with E-state index in [0.717, 1.165) is 28.9 Å². The second-order valence-electron chi connectivity index (χ2n) is 10.2. The Bertz CT molecular complexity index is 1890. The Balaban J connectivity index is 1.21. The van der Waals surface area contributed by atoms with Crippen molar-refractivity contribution in [1.82, 2.24) is 19.7 Å². The molecule has 12 heteroatoms. The number of rotatable bonds is 10. The van der Waals surface area contributed by atoms with Gasteiger partial charge >= 0.3 is 6.18 Å². The first-order chi connectivity index (χ1) is 22.3. The number of hydrogen-bond donors (Lipinski definition) is 1. The summed E-state index contributed by atoms with van der Waals surface area (Å²) in [5.41, 5.74) is 2.53. The van der Waals surface area contributed by atoms with Gasteiger partial charge in [0.05, 0.1) is 17.2 Å². The molecule has 6 aromatic rings. The van der Waals surface area contributed by atoms with Crippen molar-refractivity contribution in [3.05, 3.63) is 153 Å². The lowest BCUT2D eigenvalue weighted by Crippen LogP contribution is -2.15. The van der Waals surface area contributed by atoms with Gasteiger partial charge in [-0.25, -0.2) is 4.98 Å². The average molecular weight is 676 g/mol. The summed E-state index contributed by atoms with van der Waals surface area (Å²) < 4.78 is 41.5. The highest BCUT2D eigenvalue weighted by atomic mass is 35.5. The van der Waals surface area contributed by atoms with Gasteiger partial charge in [0.15, 0.2) is 10.3 Å². The van der Waals surface area contributed by atoms with E-state index in [1.165, 1.54) is 35.4 Å². The summed E-state index contributed by atoms with van der Waals surface area (Å²) in [4.78, 5) is 17.9. The topological polar surface area (TPSA) is 72.7 Å². The van der Waals surface area contributed by atoms with Crippen molar-refractivity contribution in [2.45, 2.75) is 23.7 Å². The van der Waals surface area contributed by atoms with E-state index >= 15 is 0 Å². The lowest BCUT2D eigenvalue weighted by Gasteiger charge is -2.19. The zero-order valence-electron chi connectivity index (χ0n) is 24.0. The molecule has 0 aliphatic heterocycles. The number of alkyl halides is 3. The molecule has 0 bridgehead atoms. The number of carbonyl (C=O) groups is 1. The van der Waals surface area contributed by atoms with Gasteiger partial charge in [0.2, 0.25) is 5.91 Å². The summed E-state index contributed by atoms with van der Waals surface area (Å²) >= 11 is 8.59. The van der Waals surface area contributed by atoms with Crippen molar-refractivity contribution < 1.29 is 18.0 Å². The van der Waals surface area contributed by atoms with E-state index < -0.39 is 11.7 Å². The predicted molar refractivity (Wildman–Crippen MR) is 176 cm³/mol. The van der Waals surface area contributed by atoms with E-state index in [1.807, 2.05) is 71.3 Å². The Labute approximate surface area is 276 Å². The van der Waals surface area contributed by atoms with Crippen molar-refractivity contribution in [3.63, 3.8) is 0 Å². The van der Waals surface area contributed by atoms with E-state index in [-0.39, 0.29) is 29.0 Å². The van der Waals surface area contributed by atoms with Crippen LogP contribution in [0.15, 0.2) is 121 Å². The number of thioether (sulfide) groups is 1. The van der Waals surface area contributed by atoms with Crippen LogP contribution in [0.25, 0.3) is 5.69 Å². The number of nitrogens with zero attached hydrogens (tertiary/aromatic N) is 4. The zero-order valence-corrected chi connectivity index (χ0v) is 26.4. The van der Waals surface area contributed by atoms with E-state index in [1.54, 1.807) is 0 Å². The summed E-state index contributed by atoms with van der Waals surface area (Å²) in [6.45, 7) is 0. The number of carbonyl (C=O) groups excluding carboxylic acids is 1. The molecule has 0 aliphatic rings. The minimum atomic E-state index is -4.47. The van der Waals surface area contributed by atoms with Crippen molar-refractivity contribution >= 4 is 45.7 Å². The van der Waals surface area contributed by atoms with Crippen LogP contribution in [-0.2, 0) is 17.4 Å². The normalized spacial score (nSPS) is 11.6. The minimum Gasteiger partial charge on any atom is -0.301 e. The highest BCUT2D eigenvalue weighted by molar-refractivity contribution is 7.99. The Morgan fingerprint density at radius 2 is 1.52 bits per heavy atom. The molecule has 46 heavy (non-hydrogen) atoms. The fraction of sp³-hybridized carbons (Fsp3) is 0.118. The third-order valence-corrected chi connectivity index (χ3v) is 9.28. The number of hydrogen-bond acceptors (Lipinski definition) is 6. The Morgan fingerprint density at radius 1 is 0.891 bits per heavy atom. The molecule has 1 N–H and O–H groups in total. The third-order valence-electron chi connectivity index (χ3n) is 7.07. The second kappa shape index (κ2) is 13.9. The van der Waals surface area contributed by atoms with Crippen molar-refractivity contribution in [2.24, 2.45) is 0 Å². The zero-order chi connectivity index (χ0) is 32.1. The van der Waals surface area contributed by atoms with Crippen molar-refractivity contribution in [3.8, 4) is 5.69 Å². The number of aromatic nitrogens is 4. The van der Waals surface area contributed by atoms with Crippen LogP contribution < -0.4 is 5.32 Å². The minimum absolute atomic E-state index is 0.0284. The Kier molecular flexibility index (Phi) is 9.53. The van der Waals surface area contributed by atoms with Crippen LogP contribution in [-0.4, -0.2) is 31.4 Å². The first-order valence-corrected chi connectivity index (χ1v) is 16.3. The number of amides is 1. The summed E-state index contributed by atoms with van der Waals surface area (Å²) in [5, 5.41) is 13.1. The van der Waals surface area contributed by atoms with E-state index in [9.17, 15) is 18.0 Å². The molecule has 232 valence electrons. The van der Waals surface area contributed by atoms with Crippen LogP contribution in [0.3, 0.4) is 0 Å². The summed E-state index contributed by atoms with van der Waals surface area (Å²) in [6, 6.07) is 33.1. The van der Waals surface area contributed by atoms with E-state index in [4.69, 9.17) is 11.6 Å². The molecule has 2 heterocycles. The summed E-state index contributed by atoms with van der Waals surface area (Å²) in [5.74, 6) is 0.220. The van der Waals surface area contributed by atoms with E-state index in [2.05, 4.69) is 44.8 Å². The van der Waals surface area contributed by atoms with Crippen LogP contribution in [0.5, 0.6) is 0 Å². The molecule has 6 rings (SSSR count). The standard InChI is InChI=1S/C34H25ClF3N5OS2/c35-28-17-16-25(34(36,37)38)18-24(28)19-27-20-39-32(46-27)40-29(44)21-45-33-42-41-31(43(33)26-14-8-3-9-15-26)30(22-10-4-1-5-11-22)23-12-6-2-7-13-23/h1-18,20,30H,19,21H2,(H,39,40,44). The highest BCUT2D eigenvalue weighted by Crippen LogP contribution is 2.36. The number of halogens is 4. The third kappa shape index (κ3) is 7.33. The quantitative estimate of drug-likeness (QED) is 0.147. The molecule has 0 saturated carbocycles. The molecule has 0 aliphatic carbocycles. The lowest BCUT2D eigenvalue weighted by atomic mass is 9.90. The fourth-order valence-electron chi connectivity index (χ4n) is 4.97. The molecule has 0 radical (unpaired) electrons. The molecule has 0 saturated heterocycles. The molecule has 6 nitrogen and oxygen atoms in total. The maximum Gasteiger partial charge on any atom is 0.416 e. The largest absolute Gasteiger partial charge is 0.416 e. The van der Waals surface area contributed by atoms with Crippen LogP contribution >= 0.6 is 34.7 Å². The predicted octanol–water partition coefficient (Wildman–Crippen LogP) is 8.90. The molecule has 0 atom stereocenters. The SMILES string of the molecule is O=C(CSc1nnc(C(c2ccccc2)c2ccccc2)n1-c1ccccc1)Nc1ncc(Cc2cc(C(F)(F)F)ccc2Cl)s1. The van der Waals surface area contributed by atoms with Gasteiger partial charge in [-0.05, 0) is 47.0 Å². The van der Waals surface area contributed by atoms with Crippen LogP contribution in [0, 0.1) is 0 Å². The number of thiazole rings is 1.